The van der Waals surface area contributed by atoms with Gasteiger partial charge in [0.2, 0.25) is 0 Å². The van der Waals surface area contributed by atoms with E-state index in [1.165, 1.54) is 18.4 Å². The van der Waals surface area contributed by atoms with Crippen LogP contribution in [-0.2, 0) is 20.7 Å². The van der Waals surface area contributed by atoms with Gasteiger partial charge in [-0.3, -0.25) is 9.59 Å². The Hall–Kier alpha value is -2.47. The smallest absolute Gasteiger partial charge is 0.338 e. The average molecular weight is 417 g/mol. The molecule has 0 radical (unpaired) electrons. The van der Waals surface area contributed by atoms with Crippen molar-refractivity contribution in [3.05, 3.63) is 45.8 Å². The second-order valence-electron chi connectivity index (χ2n) is 7.96. The first-order valence-electron chi connectivity index (χ1n) is 9.55. The standard InChI is InChI=1S/C23H28O5S/c1-14(24)20-16(10-8-12-28-22(26)23(3,4)5)9-7-11-17(20)19-13-18(15(2)29-19)21(25)27-6/h7,9,11,13H,8,10,12H2,1-6H3. The Bertz CT molecular complexity index is 918. The van der Waals surface area contributed by atoms with Gasteiger partial charge >= 0.3 is 11.9 Å². The molecular weight excluding hydrogens is 388 g/mol. The SMILES string of the molecule is COC(=O)c1cc(-c2cccc(CCCOC(=O)C(C)(C)C)c2C(C)=O)sc1C. The van der Waals surface area contributed by atoms with Gasteiger partial charge in [0.15, 0.2) is 5.78 Å². The van der Waals surface area contributed by atoms with Crippen molar-refractivity contribution in [3.63, 3.8) is 0 Å². The predicted molar refractivity (Wildman–Crippen MR) is 115 cm³/mol. The molecule has 0 saturated heterocycles. The third-order valence-corrected chi connectivity index (χ3v) is 5.61. The number of hydrogen-bond acceptors (Lipinski definition) is 6. The Morgan fingerprint density at radius 3 is 2.41 bits per heavy atom. The lowest BCUT2D eigenvalue weighted by Crippen LogP contribution is -2.23. The van der Waals surface area contributed by atoms with Crippen molar-refractivity contribution in [2.24, 2.45) is 5.41 Å². The molecule has 156 valence electrons. The first kappa shape index (κ1) is 22.8. The molecule has 5 nitrogen and oxygen atoms in total. The molecule has 0 aliphatic heterocycles. The third kappa shape index (κ3) is 5.54. The molecule has 0 unspecified atom stereocenters. The highest BCUT2D eigenvalue weighted by molar-refractivity contribution is 7.15. The number of ether oxygens (including phenoxy) is 2. The predicted octanol–water partition coefficient (Wildman–Crippen LogP) is 5.23. The molecule has 0 amide bonds. The minimum absolute atomic E-state index is 0.0343. The topological polar surface area (TPSA) is 69.7 Å². The van der Waals surface area contributed by atoms with E-state index in [-0.39, 0.29) is 17.7 Å². The summed E-state index contributed by atoms with van der Waals surface area (Å²) < 4.78 is 10.2. The summed E-state index contributed by atoms with van der Waals surface area (Å²) in [5, 5.41) is 0. The zero-order valence-electron chi connectivity index (χ0n) is 17.9. The lowest BCUT2D eigenvalue weighted by Gasteiger charge is -2.17. The Morgan fingerprint density at radius 1 is 1.14 bits per heavy atom. The monoisotopic (exact) mass is 416 g/mol. The fourth-order valence-electron chi connectivity index (χ4n) is 3.00. The summed E-state index contributed by atoms with van der Waals surface area (Å²) in [6.45, 7) is 9.17. The van der Waals surface area contributed by atoms with E-state index in [1.807, 2.05) is 45.9 Å². The number of aryl methyl sites for hydroxylation is 2. The van der Waals surface area contributed by atoms with Gasteiger partial charge in [-0.05, 0) is 59.1 Å². The van der Waals surface area contributed by atoms with E-state index in [0.717, 1.165) is 20.9 Å². The van der Waals surface area contributed by atoms with Crippen LogP contribution in [0.25, 0.3) is 10.4 Å². The first-order chi connectivity index (χ1) is 13.6. The number of carbonyl (C=O) groups is 3. The van der Waals surface area contributed by atoms with Crippen LogP contribution in [0, 0.1) is 12.3 Å². The van der Waals surface area contributed by atoms with Crippen molar-refractivity contribution in [3.8, 4) is 10.4 Å². The Morgan fingerprint density at radius 2 is 1.83 bits per heavy atom. The second kappa shape index (κ2) is 9.35. The van der Waals surface area contributed by atoms with Crippen LogP contribution < -0.4 is 0 Å². The van der Waals surface area contributed by atoms with Gasteiger partial charge in [-0.25, -0.2) is 4.79 Å². The number of Topliss-reactive ketones (excluding diaryl/α,β-unsaturated/α-hetero) is 1. The van der Waals surface area contributed by atoms with Crippen LogP contribution in [0.15, 0.2) is 24.3 Å². The summed E-state index contributed by atoms with van der Waals surface area (Å²) in [7, 11) is 1.35. The van der Waals surface area contributed by atoms with Crippen molar-refractivity contribution < 1.29 is 23.9 Å². The van der Waals surface area contributed by atoms with Gasteiger partial charge in [-0.2, -0.15) is 0 Å². The molecule has 0 aliphatic rings. The number of esters is 2. The van der Waals surface area contributed by atoms with E-state index in [1.54, 1.807) is 13.0 Å². The van der Waals surface area contributed by atoms with Crippen molar-refractivity contribution >= 4 is 29.1 Å². The highest BCUT2D eigenvalue weighted by Gasteiger charge is 2.23. The molecule has 1 aromatic heterocycles. The lowest BCUT2D eigenvalue weighted by atomic mass is 9.94. The largest absolute Gasteiger partial charge is 0.465 e. The Labute approximate surface area is 176 Å². The molecule has 0 N–H and O–H groups in total. The third-order valence-electron chi connectivity index (χ3n) is 4.53. The molecule has 0 fully saturated rings. The van der Waals surface area contributed by atoms with E-state index in [0.29, 0.717) is 30.6 Å². The second-order valence-corrected chi connectivity index (χ2v) is 9.21. The number of thiophene rings is 1. The molecule has 2 rings (SSSR count). The van der Waals surface area contributed by atoms with Gasteiger partial charge in [-0.1, -0.05) is 18.2 Å². The normalized spacial score (nSPS) is 11.2. The fourth-order valence-corrected chi connectivity index (χ4v) is 4.04. The number of hydrogen-bond donors (Lipinski definition) is 0. The van der Waals surface area contributed by atoms with Crippen LogP contribution in [0.2, 0.25) is 0 Å². The summed E-state index contributed by atoms with van der Waals surface area (Å²) >= 11 is 1.46. The number of rotatable bonds is 7. The highest BCUT2D eigenvalue weighted by atomic mass is 32.1. The molecule has 1 aromatic carbocycles. The van der Waals surface area contributed by atoms with E-state index < -0.39 is 5.41 Å². The zero-order valence-corrected chi connectivity index (χ0v) is 18.7. The minimum atomic E-state index is -0.529. The average Bonchev–Trinajstić information content (AvgIpc) is 3.04. The zero-order chi connectivity index (χ0) is 21.8. The molecule has 0 spiro atoms. The molecule has 0 bridgehead atoms. The van der Waals surface area contributed by atoms with Crippen LogP contribution in [0.3, 0.4) is 0 Å². The summed E-state index contributed by atoms with van der Waals surface area (Å²) in [5.41, 5.74) is 2.35. The maximum absolute atomic E-state index is 12.4. The van der Waals surface area contributed by atoms with Crippen LogP contribution >= 0.6 is 11.3 Å². The summed E-state index contributed by atoms with van der Waals surface area (Å²) in [4.78, 5) is 38.0. The van der Waals surface area contributed by atoms with Gasteiger partial charge in [0.25, 0.3) is 0 Å². The molecule has 29 heavy (non-hydrogen) atoms. The first-order valence-corrected chi connectivity index (χ1v) is 10.4. The van der Waals surface area contributed by atoms with Gasteiger partial charge in [0.05, 0.1) is 24.7 Å². The van der Waals surface area contributed by atoms with E-state index in [4.69, 9.17) is 9.47 Å². The van der Waals surface area contributed by atoms with Gasteiger partial charge in [-0.15, -0.1) is 11.3 Å². The maximum Gasteiger partial charge on any atom is 0.338 e. The molecule has 0 saturated carbocycles. The number of carbonyl (C=O) groups excluding carboxylic acids is 3. The van der Waals surface area contributed by atoms with Crippen molar-refractivity contribution in [1.29, 1.82) is 0 Å². The quantitative estimate of drug-likeness (QED) is 0.351. The van der Waals surface area contributed by atoms with Gasteiger partial charge < -0.3 is 9.47 Å². The van der Waals surface area contributed by atoms with E-state index >= 15 is 0 Å². The lowest BCUT2D eigenvalue weighted by molar-refractivity contribution is -0.153. The molecule has 0 aliphatic carbocycles. The number of ketones is 1. The fraction of sp³-hybridized carbons (Fsp3) is 0.435. The Balaban J connectivity index is 2.25. The summed E-state index contributed by atoms with van der Waals surface area (Å²) in [6, 6.07) is 7.51. The molecule has 0 atom stereocenters. The van der Waals surface area contributed by atoms with E-state index in [2.05, 4.69) is 0 Å². The van der Waals surface area contributed by atoms with Crippen molar-refractivity contribution in [2.45, 2.75) is 47.5 Å². The van der Waals surface area contributed by atoms with Gasteiger partial charge in [0, 0.05) is 20.9 Å². The minimum Gasteiger partial charge on any atom is -0.465 e. The van der Waals surface area contributed by atoms with Crippen LogP contribution in [0.4, 0.5) is 0 Å². The molecule has 2 aromatic rings. The van der Waals surface area contributed by atoms with Crippen LogP contribution in [0.5, 0.6) is 0 Å². The molecule has 6 heteroatoms. The van der Waals surface area contributed by atoms with Crippen LogP contribution in [0.1, 0.15) is 65.3 Å². The summed E-state index contributed by atoms with van der Waals surface area (Å²) in [5.74, 6) is -0.651. The van der Waals surface area contributed by atoms with Gasteiger partial charge in [0.1, 0.15) is 0 Å². The summed E-state index contributed by atoms with van der Waals surface area (Å²) in [6.07, 6.45) is 1.25. The number of benzene rings is 1. The maximum atomic E-state index is 12.4. The highest BCUT2D eigenvalue weighted by Crippen LogP contribution is 2.35. The van der Waals surface area contributed by atoms with E-state index in [9.17, 15) is 14.4 Å². The van der Waals surface area contributed by atoms with Crippen molar-refractivity contribution in [2.75, 3.05) is 13.7 Å². The Kier molecular flexibility index (Phi) is 7.36. The number of methoxy groups -OCH3 is 1. The van der Waals surface area contributed by atoms with Crippen molar-refractivity contribution in [1.82, 2.24) is 0 Å². The van der Waals surface area contributed by atoms with Crippen LogP contribution in [-0.4, -0.2) is 31.4 Å². The molecular formula is C23H28O5S. The molecule has 1 heterocycles.